The van der Waals surface area contributed by atoms with Gasteiger partial charge < -0.3 is 15.7 Å². The number of anilines is 1. The molecule has 7 nitrogen and oxygen atoms in total. The molecule has 0 radical (unpaired) electrons. The van der Waals surface area contributed by atoms with Crippen molar-refractivity contribution in [2.45, 2.75) is 19.3 Å². The van der Waals surface area contributed by atoms with Gasteiger partial charge in [0.1, 0.15) is 5.82 Å². The van der Waals surface area contributed by atoms with Crippen LogP contribution in [0.3, 0.4) is 0 Å². The number of carbonyl (C=O) groups is 1. The number of aliphatic carboxylic acids is 1. The molecule has 0 atom stereocenters. The molecule has 0 bridgehead atoms. The van der Waals surface area contributed by atoms with Crippen LogP contribution in [0.25, 0.3) is 0 Å². The Morgan fingerprint density at radius 1 is 1.60 bits per heavy atom. The molecule has 2 rings (SSSR count). The summed E-state index contributed by atoms with van der Waals surface area (Å²) in [4.78, 5) is 15.1. The van der Waals surface area contributed by atoms with Crippen molar-refractivity contribution < 1.29 is 9.90 Å². The maximum atomic E-state index is 10.6. The molecule has 0 spiro atoms. The van der Waals surface area contributed by atoms with Crippen LogP contribution >= 0.6 is 0 Å². The number of pyridine rings is 1. The SMILES string of the molecule is N=N/C(=C\NCCc1ccc2c(n1)NCCC2)C(=O)O. The van der Waals surface area contributed by atoms with Crippen LogP contribution in [0.4, 0.5) is 5.82 Å². The maximum absolute atomic E-state index is 10.6. The molecule has 1 aromatic rings. The zero-order valence-corrected chi connectivity index (χ0v) is 11.0. The summed E-state index contributed by atoms with van der Waals surface area (Å²) in [5, 5.41) is 17.7. The topological polar surface area (TPSA) is 110 Å². The van der Waals surface area contributed by atoms with E-state index >= 15 is 0 Å². The van der Waals surface area contributed by atoms with E-state index in [0.29, 0.717) is 13.0 Å². The van der Waals surface area contributed by atoms with Crippen molar-refractivity contribution in [2.24, 2.45) is 5.11 Å². The van der Waals surface area contributed by atoms with E-state index in [1.807, 2.05) is 6.07 Å². The van der Waals surface area contributed by atoms with Crippen LogP contribution in [-0.2, 0) is 17.6 Å². The largest absolute Gasteiger partial charge is 0.476 e. The van der Waals surface area contributed by atoms with Crippen molar-refractivity contribution >= 4 is 11.8 Å². The summed E-state index contributed by atoms with van der Waals surface area (Å²) in [7, 11) is 0. The molecule has 0 saturated carbocycles. The summed E-state index contributed by atoms with van der Waals surface area (Å²) >= 11 is 0. The predicted molar refractivity (Wildman–Crippen MR) is 73.6 cm³/mol. The first-order valence-electron chi connectivity index (χ1n) is 6.47. The van der Waals surface area contributed by atoms with E-state index in [0.717, 1.165) is 30.9 Å². The molecule has 0 unspecified atom stereocenters. The average molecular weight is 275 g/mol. The van der Waals surface area contributed by atoms with E-state index in [-0.39, 0.29) is 5.70 Å². The lowest BCUT2D eigenvalue weighted by Gasteiger charge is -2.17. The Hall–Kier alpha value is -2.44. The minimum absolute atomic E-state index is 0.315. The first-order chi connectivity index (χ1) is 9.70. The normalized spacial score (nSPS) is 14.1. The number of aryl methyl sites for hydroxylation is 1. The highest BCUT2D eigenvalue weighted by Gasteiger charge is 2.10. The number of nitrogens with zero attached hydrogens (tertiary/aromatic N) is 2. The van der Waals surface area contributed by atoms with Gasteiger partial charge in [0, 0.05) is 31.4 Å². The minimum atomic E-state index is -1.22. The van der Waals surface area contributed by atoms with Gasteiger partial charge in [-0.1, -0.05) is 6.07 Å². The zero-order valence-electron chi connectivity index (χ0n) is 11.0. The molecule has 1 aliphatic rings. The van der Waals surface area contributed by atoms with Crippen molar-refractivity contribution in [3.05, 3.63) is 35.3 Å². The fourth-order valence-corrected chi connectivity index (χ4v) is 2.02. The molecule has 1 aromatic heterocycles. The van der Waals surface area contributed by atoms with Gasteiger partial charge in [0.25, 0.3) is 0 Å². The summed E-state index contributed by atoms with van der Waals surface area (Å²) in [6.45, 7) is 1.50. The fraction of sp³-hybridized carbons (Fsp3) is 0.385. The van der Waals surface area contributed by atoms with Crippen LogP contribution in [0.5, 0.6) is 0 Å². The van der Waals surface area contributed by atoms with Gasteiger partial charge in [0.05, 0.1) is 0 Å². The van der Waals surface area contributed by atoms with Crippen LogP contribution < -0.4 is 10.6 Å². The van der Waals surface area contributed by atoms with Crippen molar-refractivity contribution in [1.82, 2.24) is 10.3 Å². The molecular weight excluding hydrogens is 258 g/mol. The summed E-state index contributed by atoms with van der Waals surface area (Å²) in [6.07, 6.45) is 4.10. The molecule has 1 aliphatic heterocycles. The molecule has 0 aliphatic carbocycles. The van der Waals surface area contributed by atoms with Crippen LogP contribution in [0, 0.1) is 5.53 Å². The monoisotopic (exact) mass is 275 g/mol. The summed E-state index contributed by atoms with van der Waals surface area (Å²) in [5.41, 5.74) is 8.58. The Morgan fingerprint density at radius 3 is 3.20 bits per heavy atom. The molecule has 0 aromatic carbocycles. The van der Waals surface area contributed by atoms with E-state index in [9.17, 15) is 4.79 Å². The molecule has 2 heterocycles. The van der Waals surface area contributed by atoms with Crippen LogP contribution in [0.2, 0.25) is 0 Å². The number of fused-ring (bicyclic) bond motifs is 1. The Kier molecular flexibility index (Phi) is 4.65. The third-order valence-corrected chi connectivity index (χ3v) is 3.06. The van der Waals surface area contributed by atoms with Gasteiger partial charge in [-0.15, -0.1) is 5.11 Å². The quantitative estimate of drug-likeness (QED) is 0.357. The molecule has 0 amide bonds. The highest BCUT2D eigenvalue weighted by Crippen LogP contribution is 2.19. The van der Waals surface area contributed by atoms with Crippen molar-refractivity contribution in [3.63, 3.8) is 0 Å². The maximum Gasteiger partial charge on any atom is 0.357 e. The number of aromatic nitrogens is 1. The van der Waals surface area contributed by atoms with E-state index in [1.165, 1.54) is 11.8 Å². The number of rotatable bonds is 6. The number of nitrogens with one attached hydrogen (secondary N) is 3. The lowest BCUT2D eigenvalue weighted by molar-refractivity contribution is -0.132. The molecule has 0 fully saturated rings. The number of hydrogen-bond acceptors (Lipinski definition) is 6. The third kappa shape index (κ3) is 3.53. The highest BCUT2D eigenvalue weighted by atomic mass is 16.4. The summed E-state index contributed by atoms with van der Waals surface area (Å²) in [5.74, 6) is -0.264. The summed E-state index contributed by atoms with van der Waals surface area (Å²) < 4.78 is 0. The summed E-state index contributed by atoms with van der Waals surface area (Å²) in [6, 6.07) is 4.08. The van der Waals surface area contributed by atoms with Crippen molar-refractivity contribution in [3.8, 4) is 0 Å². The number of carboxylic acids is 1. The van der Waals surface area contributed by atoms with Gasteiger partial charge in [-0.3, -0.25) is 0 Å². The van der Waals surface area contributed by atoms with Crippen LogP contribution in [0.15, 0.2) is 29.1 Å². The second-order valence-electron chi connectivity index (χ2n) is 4.49. The molecule has 4 N–H and O–H groups in total. The first-order valence-corrected chi connectivity index (χ1v) is 6.47. The van der Waals surface area contributed by atoms with Crippen LogP contribution in [0.1, 0.15) is 17.7 Å². The van der Waals surface area contributed by atoms with Crippen molar-refractivity contribution in [2.75, 3.05) is 18.4 Å². The Labute approximate surface area is 116 Å². The lowest BCUT2D eigenvalue weighted by atomic mass is 10.1. The minimum Gasteiger partial charge on any atom is -0.476 e. The second kappa shape index (κ2) is 6.65. The molecule has 106 valence electrons. The standard InChI is InChI=1S/C13H17N5O2/c14-18-11(13(19)20)8-15-7-5-10-4-3-9-2-1-6-16-12(9)17-10/h3-4,8,14-15H,1-2,5-7H2,(H,16,17)(H,19,20)/b11-8-,18-14?. The molecule has 0 saturated heterocycles. The van der Waals surface area contributed by atoms with Gasteiger partial charge in [0.2, 0.25) is 0 Å². The van der Waals surface area contributed by atoms with Gasteiger partial charge in [-0.05, 0) is 24.5 Å². The van der Waals surface area contributed by atoms with Gasteiger partial charge in [-0.2, -0.15) is 0 Å². The van der Waals surface area contributed by atoms with E-state index < -0.39 is 5.97 Å². The van der Waals surface area contributed by atoms with Crippen molar-refractivity contribution in [1.29, 1.82) is 5.53 Å². The Morgan fingerprint density at radius 2 is 2.45 bits per heavy atom. The second-order valence-corrected chi connectivity index (χ2v) is 4.49. The molecular formula is C13H17N5O2. The first kappa shape index (κ1) is 14.0. The van der Waals surface area contributed by atoms with E-state index in [2.05, 4.69) is 26.8 Å². The fourth-order valence-electron chi connectivity index (χ4n) is 2.02. The smallest absolute Gasteiger partial charge is 0.357 e. The van der Waals surface area contributed by atoms with Gasteiger partial charge in [0.15, 0.2) is 5.70 Å². The molecule has 7 heteroatoms. The van der Waals surface area contributed by atoms with E-state index in [4.69, 9.17) is 10.6 Å². The third-order valence-electron chi connectivity index (χ3n) is 3.06. The number of carboxylic acid groups (broad SMARTS) is 1. The Balaban J connectivity index is 1.88. The van der Waals surface area contributed by atoms with Crippen LogP contribution in [-0.4, -0.2) is 29.1 Å². The highest BCUT2D eigenvalue weighted by molar-refractivity contribution is 5.85. The Bertz CT molecular complexity index is 542. The van der Waals surface area contributed by atoms with Gasteiger partial charge in [-0.25, -0.2) is 15.3 Å². The zero-order chi connectivity index (χ0) is 14.4. The van der Waals surface area contributed by atoms with E-state index in [1.54, 1.807) is 0 Å². The number of hydrogen-bond donors (Lipinski definition) is 4. The predicted octanol–water partition coefficient (Wildman–Crippen LogP) is 1.53. The average Bonchev–Trinajstić information content (AvgIpc) is 2.46. The lowest BCUT2D eigenvalue weighted by Crippen LogP contribution is -2.16. The molecule has 20 heavy (non-hydrogen) atoms. The van der Waals surface area contributed by atoms with Gasteiger partial charge >= 0.3 is 5.97 Å².